The Morgan fingerprint density at radius 1 is 1.13 bits per heavy atom. The van der Waals surface area contributed by atoms with E-state index >= 15 is 0 Å². The number of sulfonamides is 1. The number of piperidine rings is 1. The van der Waals surface area contributed by atoms with E-state index in [1.807, 2.05) is 6.92 Å². The van der Waals surface area contributed by atoms with Gasteiger partial charge in [0.2, 0.25) is 15.9 Å². The van der Waals surface area contributed by atoms with Crippen molar-refractivity contribution < 1.29 is 32.2 Å². The third kappa shape index (κ3) is 6.83. The molecule has 1 amide bonds. The van der Waals surface area contributed by atoms with Gasteiger partial charge in [-0.2, -0.15) is 0 Å². The lowest BCUT2D eigenvalue weighted by Crippen LogP contribution is -2.48. The van der Waals surface area contributed by atoms with Gasteiger partial charge >= 0.3 is 5.97 Å². The number of benzene rings is 1. The van der Waals surface area contributed by atoms with Gasteiger partial charge in [-0.15, -0.1) is 0 Å². The van der Waals surface area contributed by atoms with Crippen molar-refractivity contribution >= 4 is 21.9 Å². The molecule has 0 aromatic heterocycles. The molecular weight excluding hydrogens is 424 g/mol. The average molecular weight is 457 g/mol. The van der Waals surface area contributed by atoms with Gasteiger partial charge in [0.15, 0.2) is 0 Å². The predicted molar refractivity (Wildman–Crippen MR) is 115 cm³/mol. The van der Waals surface area contributed by atoms with E-state index in [1.165, 1.54) is 30.5 Å². The van der Waals surface area contributed by atoms with Gasteiger partial charge in [-0.1, -0.05) is 6.92 Å². The Kier molecular flexibility index (Phi) is 9.12. The van der Waals surface area contributed by atoms with Crippen molar-refractivity contribution in [3.05, 3.63) is 23.8 Å². The Morgan fingerprint density at radius 2 is 1.77 bits per heavy atom. The van der Waals surface area contributed by atoms with Crippen molar-refractivity contribution in [2.75, 3.05) is 46.7 Å². The number of hydrogen-bond donors (Lipinski definition) is 0. The molecule has 0 aliphatic carbocycles. The molecule has 1 aromatic carbocycles. The molecule has 1 unspecified atom stereocenters. The number of amides is 1. The quantitative estimate of drug-likeness (QED) is 0.493. The number of esters is 1. The monoisotopic (exact) mass is 456 g/mol. The number of rotatable bonds is 10. The summed E-state index contributed by atoms with van der Waals surface area (Å²) in [4.78, 5) is 26.7. The van der Waals surface area contributed by atoms with Crippen molar-refractivity contribution in [3.63, 3.8) is 0 Å². The third-order valence-electron chi connectivity index (χ3n) is 5.23. The van der Waals surface area contributed by atoms with E-state index in [4.69, 9.17) is 14.2 Å². The fourth-order valence-corrected chi connectivity index (χ4v) is 5.24. The molecule has 174 valence electrons. The molecule has 0 saturated carbocycles. The number of nitrogens with zero attached hydrogens (tertiary/aromatic N) is 2. The smallest absolute Gasteiger partial charge is 0.325 e. The minimum Gasteiger partial charge on any atom is -0.497 e. The maximum absolute atomic E-state index is 13.3. The fraction of sp³-hybridized carbons (Fsp3) is 0.619. The van der Waals surface area contributed by atoms with Crippen LogP contribution in [0.1, 0.15) is 31.7 Å². The van der Waals surface area contributed by atoms with E-state index in [1.54, 1.807) is 18.2 Å². The normalized spacial score (nSPS) is 17.1. The summed E-state index contributed by atoms with van der Waals surface area (Å²) in [5.41, 5.74) is 0.722. The molecular formula is C21H32N2O7S. The minimum absolute atomic E-state index is 0.0589. The summed E-state index contributed by atoms with van der Waals surface area (Å²) in [6.07, 6.45) is 1.68. The highest BCUT2D eigenvalue weighted by molar-refractivity contribution is 7.89. The van der Waals surface area contributed by atoms with Crippen LogP contribution in [-0.4, -0.2) is 76.2 Å². The Morgan fingerprint density at radius 3 is 2.32 bits per heavy atom. The van der Waals surface area contributed by atoms with Crippen LogP contribution in [0.4, 0.5) is 0 Å². The van der Waals surface area contributed by atoms with Gasteiger partial charge in [-0.25, -0.2) is 12.7 Å². The Balaban J connectivity index is 2.25. The van der Waals surface area contributed by atoms with Crippen LogP contribution < -0.4 is 9.47 Å². The van der Waals surface area contributed by atoms with Crippen LogP contribution in [0.2, 0.25) is 0 Å². The lowest BCUT2D eigenvalue weighted by molar-refractivity contribution is -0.149. The van der Waals surface area contributed by atoms with Gasteiger partial charge in [0.1, 0.15) is 18.0 Å². The maximum Gasteiger partial charge on any atom is 0.325 e. The van der Waals surface area contributed by atoms with Gasteiger partial charge in [-0.05, 0) is 37.0 Å². The van der Waals surface area contributed by atoms with Crippen molar-refractivity contribution in [1.29, 1.82) is 0 Å². The first kappa shape index (κ1) is 24.9. The van der Waals surface area contributed by atoms with E-state index < -0.39 is 21.9 Å². The zero-order valence-electron chi connectivity index (χ0n) is 18.6. The summed E-state index contributed by atoms with van der Waals surface area (Å²) in [5, 5.41) is 0. The summed E-state index contributed by atoms with van der Waals surface area (Å²) in [7, 11) is 0.933. The average Bonchev–Trinajstić information content (AvgIpc) is 2.77. The number of carbonyl (C=O) groups excluding carboxylic acids is 2. The molecule has 1 heterocycles. The molecule has 9 nitrogen and oxygen atoms in total. The second kappa shape index (κ2) is 11.3. The molecule has 2 rings (SSSR count). The highest BCUT2D eigenvalue weighted by Crippen LogP contribution is 2.26. The highest BCUT2D eigenvalue weighted by atomic mass is 32.2. The molecule has 0 N–H and O–H groups in total. The Bertz CT molecular complexity index is 850. The van der Waals surface area contributed by atoms with Crippen molar-refractivity contribution in [2.45, 2.75) is 32.7 Å². The van der Waals surface area contributed by atoms with Gasteiger partial charge in [0.25, 0.3) is 0 Å². The Hall–Kier alpha value is -2.33. The molecule has 1 atom stereocenters. The summed E-state index contributed by atoms with van der Waals surface area (Å²) in [6, 6.07) is 5.24. The molecule has 1 saturated heterocycles. The van der Waals surface area contributed by atoms with Crippen molar-refractivity contribution in [3.8, 4) is 11.5 Å². The summed E-state index contributed by atoms with van der Waals surface area (Å²) < 4.78 is 41.7. The standard InChI is InChI=1S/C21H32N2O7S/c1-5-9-31(26,27)23-8-6-7-17(14-23)21(25)22(15-20(24)30-4)13-16-10-18(28-2)12-19(11-16)29-3/h10-12,17H,5-9,13-15H2,1-4H3. The minimum atomic E-state index is -3.39. The highest BCUT2D eigenvalue weighted by Gasteiger charge is 2.34. The molecule has 10 heteroatoms. The summed E-state index contributed by atoms with van der Waals surface area (Å²) in [5.74, 6) is -0.150. The summed E-state index contributed by atoms with van der Waals surface area (Å²) >= 11 is 0. The van der Waals surface area contributed by atoms with Crippen LogP contribution in [0.5, 0.6) is 11.5 Å². The van der Waals surface area contributed by atoms with Crippen LogP contribution in [0.15, 0.2) is 18.2 Å². The fourth-order valence-electron chi connectivity index (χ4n) is 3.65. The first-order valence-corrected chi connectivity index (χ1v) is 11.9. The van der Waals surface area contributed by atoms with Gasteiger partial charge in [-0.3, -0.25) is 9.59 Å². The number of hydrogen-bond acceptors (Lipinski definition) is 7. The molecule has 1 aliphatic heterocycles. The number of methoxy groups -OCH3 is 3. The number of ether oxygens (including phenoxy) is 3. The van der Waals surface area contributed by atoms with E-state index in [0.29, 0.717) is 37.3 Å². The maximum atomic E-state index is 13.3. The molecule has 1 aromatic rings. The van der Waals surface area contributed by atoms with Crippen molar-refractivity contribution in [1.82, 2.24) is 9.21 Å². The van der Waals surface area contributed by atoms with Crippen LogP contribution >= 0.6 is 0 Å². The first-order valence-electron chi connectivity index (χ1n) is 10.3. The van der Waals surface area contributed by atoms with E-state index in [0.717, 1.165) is 5.56 Å². The first-order chi connectivity index (χ1) is 14.7. The zero-order valence-corrected chi connectivity index (χ0v) is 19.4. The SMILES string of the molecule is CCCS(=O)(=O)N1CCCC(C(=O)N(CC(=O)OC)Cc2cc(OC)cc(OC)c2)C1. The van der Waals surface area contributed by atoms with Crippen LogP contribution in [0.3, 0.4) is 0 Å². The van der Waals surface area contributed by atoms with E-state index in [9.17, 15) is 18.0 Å². The lowest BCUT2D eigenvalue weighted by Gasteiger charge is -2.34. The lowest BCUT2D eigenvalue weighted by atomic mass is 9.97. The third-order valence-corrected chi connectivity index (χ3v) is 7.28. The molecule has 1 fully saturated rings. The number of carbonyl (C=O) groups is 2. The zero-order chi connectivity index (χ0) is 23.0. The predicted octanol–water partition coefficient (Wildman–Crippen LogP) is 1.66. The second-order valence-electron chi connectivity index (χ2n) is 7.50. The van der Waals surface area contributed by atoms with Gasteiger partial charge in [0, 0.05) is 25.7 Å². The summed E-state index contributed by atoms with van der Waals surface area (Å²) in [6.45, 7) is 2.26. The molecule has 0 radical (unpaired) electrons. The van der Waals surface area contributed by atoms with E-state index in [2.05, 4.69) is 0 Å². The molecule has 31 heavy (non-hydrogen) atoms. The van der Waals surface area contributed by atoms with Gasteiger partial charge < -0.3 is 19.1 Å². The second-order valence-corrected chi connectivity index (χ2v) is 9.59. The topological polar surface area (TPSA) is 102 Å². The largest absolute Gasteiger partial charge is 0.497 e. The van der Waals surface area contributed by atoms with Crippen molar-refractivity contribution in [2.24, 2.45) is 5.92 Å². The van der Waals surface area contributed by atoms with Gasteiger partial charge in [0.05, 0.1) is 33.0 Å². The molecule has 1 aliphatic rings. The molecule has 0 spiro atoms. The van der Waals surface area contributed by atoms with E-state index in [-0.39, 0.29) is 31.3 Å². The Labute approximate surface area is 184 Å². The van der Waals surface area contributed by atoms with Crippen LogP contribution in [-0.2, 0) is 30.9 Å². The van der Waals surface area contributed by atoms with Crippen LogP contribution in [0.25, 0.3) is 0 Å². The van der Waals surface area contributed by atoms with Crippen LogP contribution in [0, 0.1) is 5.92 Å². The molecule has 0 bridgehead atoms.